The van der Waals surface area contributed by atoms with Gasteiger partial charge in [-0.05, 0) is 32.0 Å². The average Bonchev–Trinajstić information content (AvgIpc) is 2.53. The number of anilines is 1. The molecule has 0 aliphatic rings. The Hall–Kier alpha value is -2.34. The van der Waals surface area contributed by atoms with E-state index in [4.69, 9.17) is 10.6 Å². The number of benzene rings is 1. The molecule has 0 bridgehead atoms. The Bertz CT molecular complexity index is 626. The van der Waals surface area contributed by atoms with Gasteiger partial charge in [-0.2, -0.15) is 0 Å². The van der Waals surface area contributed by atoms with E-state index in [0.29, 0.717) is 30.2 Å². The molecule has 3 N–H and O–H groups in total. The first-order chi connectivity index (χ1) is 10.2. The molecule has 1 aromatic carbocycles. The van der Waals surface area contributed by atoms with Crippen LogP contribution in [0.5, 0.6) is 5.75 Å². The first-order valence-electron chi connectivity index (χ1n) is 6.96. The summed E-state index contributed by atoms with van der Waals surface area (Å²) in [4.78, 5) is 18.1. The number of likely N-dealkylation sites (N-methyl/N-ethyl adjacent to an activating group) is 1. The van der Waals surface area contributed by atoms with Gasteiger partial charge in [0.05, 0.1) is 0 Å². The Labute approximate surface area is 123 Å². The third-order valence-corrected chi connectivity index (χ3v) is 3.30. The van der Waals surface area contributed by atoms with Crippen molar-refractivity contribution in [2.75, 3.05) is 25.1 Å². The van der Waals surface area contributed by atoms with E-state index in [2.05, 4.69) is 10.4 Å². The van der Waals surface area contributed by atoms with Crippen LogP contribution in [0.25, 0.3) is 10.9 Å². The monoisotopic (exact) mass is 288 g/mol. The van der Waals surface area contributed by atoms with Crippen LogP contribution in [-0.2, 0) is 4.79 Å². The number of ether oxygens (including phenoxy) is 1. The molecule has 21 heavy (non-hydrogen) atoms. The number of hydrogen-bond donors (Lipinski definition) is 2. The van der Waals surface area contributed by atoms with E-state index in [1.54, 1.807) is 17.0 Å². The smallest absolute Gasteiger partial charge is 0.260 e. The van der Waals surface area contributed by atoms with Gasteiger partial charge in [0.15, 0.2) is 6.61 Å². The van der Waals surface area contributed by atoms with Crippen LogP contribution in [0.3, 0.4) is 0 Å². The molecule has 1 aromatic heterocycles. The van der Waals surface area contributed by atoms with E-state index in [1.165, 1.54) is 0 Å². The number of nitrogens with one attached hydrogen (secondary N) is 1. The van der Waals surface area contributed by atoms with Crippen LogP contribution in [-0.4, -0.2) is 35.5 Å². The van der Waals surface area contributed by atoms with Crippen LogP contribution >= 0.6 is 0 Å². The average molecular weight is 288 g/mol. The van der Waals surface area contributed by atoms with Gasteiger partial charge < -0.3 is 15.1 Å². The molecule has 112 valence electrons. The summed E-state index contributed by atoms with van der Waals surface area (Å²) >= 11 is 0. The van der Waals surface area contributed by atoms with Crippen molar-refractivity contribution in [2.45, 2.75) is 13.8 Å². The quantitative estimate of drug-likeness (QED) is 0.625. The summed E-state index contributed by atoms with van der Waals surface area (Å²) in [6.45, 7) is 5.24. The van der Waals surface area contributed by atoms with Crippen LogP contribution < -0.4 is 16.0 Å². The van der Waals surface area contributed by atoms with Crippen LogP contribution in [0.4, 0.5) is 5.82 Å². The number of hydrogen-bond acceptors (Lipinski definition) is 5. The lowest BCUT2D eigenvalue weighted by molar-refractivity contribution is -0.132. The molecule has 1 amide bonds. The molecule has 1 heterocycles. The number of para-hydroxylation sites is 1. The maximum atomic E-state index is 12.0. The molecule has 0 atom stereocenters. The largest absolute Gasteiger partial charge is 0.481 e. The summed E-state index contributed by atoms with van der Waals surface area (Å²) in [5, 5.41) is 0.932. The number of amides is 1. The van der Waals surface area contributed by atoms with Gasteiger partial charge >= 0.3 is 0 Å². The summed E-state index contributed by atoms with van der Waals surface area (Å²) in [5.41, 5.74) is 3.19. The number of nitrogens with zero attached hydrogens (tertiary/aromatic N) is 2. The fourth-order valence-corrected chi connectivity index (χ4v) is 2.12. The molecule has 6 heteroatoms. The summed E-state index contributed by atoms with van der Waals surface area (Å²) in [6, 6.07) is 9.29. The van der Waals surface area contributed by atoms with Crippen LogP contribution in [0.1, 0.15) is 13.8 Å². The number of rotatable bonds is 6. The number of pyridine rings is 1. The predicted octanol–water partition coefficient (Wildman–Crippen LogP) is 1.77. The van der Waals surface area contributed by atoms with Crippen molar-refractivity contribution in [1.29, 1.82) is 0 Å². The zero-order valence-electron chi connectivity index (χ0n) is 12.3. The SMILES string of the molecule is CCN(CC)C(=O)COc1cccc2ccc(NN)nc12. The summed E-state index contributed by atoms with van der Waals surface area (Å²) in [6.07, 6.45) is 0. The topological polar surface area (TPSA) is 80.5 Å². The maximum Gasteiger partial charge on any atom is 0.260 e. The van der Waals surface area contributed by atoms with E-state index in [-0.39, 0.29) is 12.5 Å². The van der Waals surface area contributed by atoms with Crippen molar-refractivity contribution in [1.82, 2.24) is 9.88 Å². The fourth-order valence-electron chi connectivity index (χ4n) is 2.12. The van der Waals surface area contributed by atoms with E-state index in [0.717, 1.165) is 5.39 Å². The maximum absolute atomic E-state index is 12.0. The van der Waals surface area contributed by atoms with Crippen LogP contribution in [0.15, 0.2) is 30.3 Å². The molecule has 2 rings (SSSR count). The number of fused-ring (bicyclic) bond motifs is 1. The van der Waals surface area contributed by atoms with Gasteiger partial charge in [0.2, 0.25) is 0 Å². The van der Waals surface area contributed by atoms with Crippen molar-refractivity contribution < 1.29 is 9.53 Å². The highest BCUT2D eigenvalue weighted by Crippen LogP contribution is 2.25. The Kier molecular flexibility index (Phi) is 4.94. The van der Waals surface area contributed by atoms with Crippen molar-refractivity contribution in [3.63, 3.8) is 0 Å². The molecule has 2 aromatic rings. The van der Waals surface area contributed by atoms with Gasteiger partial charge in [0.25, 0.3) is 5.91 Å². The zero-order chi connectivity index (χ0) is 15.2. The molecular weight excluding hydrogens is 268 g/mol. The van der Waals surface area contributed by atoms with Crippen molar-refractivity contribution in [3.8, 4) is 5.75 Å². The minimum absolute atomic E-state index is 0.00273. The minimum Gasteiger partial charge on any atom is -0.481 e. The summed E-state index contributed by atoms with van der Waals surface area (Å²) in [5.74, 6) is 6.46. The highest BCUT2D eigenvalue weighted by atomic mass is 16.5. The van der Waals surface area contributed by atoms with Gasteiger partial charge in [0, 0.05) is 18.5 Å². The van der Waals surface area contributed by atoms with Crippen molar-refractivity contribution in [3.05, 3.63) is 30.3 Å². The lowest BCUT2D eigenvalue weighted by Crippen LogP contribution is -2.34. The Balaban J connectivity index is 2.20. The molecule has 0 radical (unpaired) electrons. The predicted molar refractivity (Wildman–Crippen MR) is 83.0 cm³/mol. The second-order valence-corrected chi connectivity index (χ2v) is 4.52. The molecule has 0 aliphatic heterocycles. The molecule has 0 saturated carbocycles. The molecule has 0 fully saturated rings. The molecule has 0 unspecified atom stereocenters. The third-order valence-electron chi connectivity index (χ3n) is 3.30. The van der Waals surface area contributed by atoms with Gasteiger partial charge in [-0.1, -0.05) is 12.1 Å². The Morgan fingerprint density at radius 3 is 2.71 bits per heavy atom. The number of nitrogens with two attached hydrogens (primary N) is 1. The van der Waals surface area contributed by atoms with E-state index in [9.17, 15) is 4.79 Å². The molecule has 0 aliphatic carbocycles. The highest BCUT2D eigenvalue weighted by molar-refractivity contribution is 5.86. The number of hydrazine groups is 1. The number of aromatic nitrogens is 1. The van der Waals surface area contributed by atoms with Gasteiger partial charge in [-0.3, -0.25) is 4.79 Å². The van der Waals surface area contributed by atoms with E-state index < -0.39 is 0 Å². The van der Waals surface area contributed by atoms with E-state index in [1.807, 2.05) is 32.0 Å². The van der Waals surface area contributed by atoms with Gasteiger partial charge in [0.1, 0.15) is 17.1 Å². The van der Waals surface area contributed by atoms with Crippen molar-refractivity contribution >= 4 is 22.6 Å². The Morgan fingerprint density at radius 2 is 2.05 bits per heavy atom. The zero-order valence-corrected chi connectivity index (χ0v) is 12.3. The molecular formula is C15H20N4O2. The number of carbonyl (C=O) groups excluding carboxylic acids is 1. The Morgan fingerprint density at radius 1 is 1.29 bits per heavy atom. The molecule has 0 saturated heterocycles. The lowest BCUT2D eigenvalue weighted by atomic mass is 10.2. The fraction of sp³-hybridized carbons (Fsp3) is 0.333. The first-order valence-corrected chi connectivity index (χ1v) is 6.96. The summed E-state index contributed by atoms with van der Waals surface area (Å²) in [7, 11) is 0. The van der Waals surface area contributed by atoms with Gasteiger partial charge in [-0.15, -0.1) is 0 Å². The summed E-state index contributed by atoms with van der Waals surface area (Å²) < 4.78 is 5.64. The normalized spacial score (nSPS) is 10.4. The molecule has 6 nitrogen and oxygen atoms in total. The van der Waals surface area contributed by atoms with Gasteiger partial charge in [-0.25, -0.2) is 10.8 Å². The first kappa shape index (κ1) is 15.1. The number of carbonyl (C=O) groups is 1. The second kappa shape index (κ2) is 6.90. The standard InChI is InChI=1S/C15H20N4O2/c1-3-19(4-2)14(20)10-21-12-7-5-6-11-8-9-13(18-16)17-15(11)12/h5-9H,3-4,10,16H2,1-2H3,(H,17,18). The van der Waals surface area contributed by atoms with Crippen molar-refractivity contribution in [2.24, 2.45) is 5.84 Å². The minimum atomic E-state index is -0.0369. The highest BCUT2D eigenvalue weighted by Gasteiger charge is 2.12. The number of nitrogen functional groups attached to an aromatic ring is 1. The van der Waals surface area contributed by atoms with Crippen LogP contribution in [0, 0.1) is 0 Å². The molecule has 0 spiro atoms. The lowest BCUT2D eigenvalue weighted by Gasteiger charge is -2.19. The second-order valence-electron chi connectivity index (χ2n) is 4.52. The third kappa shape index (κ3) is 3.41. The van der Waals surface area contributed by atoms with Crippen LogP contribution in [0.2, 0.25) is 0 Å². The van der Waals surface area contributed by atoms with E-state index >= 15 is 0 Å².